The highest BCUT2D eigenvalue weighted by molar-refractivity contribution is 7.89. The average Bonchev–Trinajstić information content (AvgIpc) is 2.54. The topological polar surface area (TPSA) is 84.5 Å². The predicted molar refractivity (Wildman–Crippen MR) is 102 cm³/mol. The summed E-state index contributed by atoms with van der Waals surface area (Å²) in [7, 11) is -2.13. The normalized spacial score (nSPS) is 11.9. The van der Waals surface area contributed by atoms with E-state index in [0.29, 0.717) is 22.0 Å². The van der Waals surface area contributed by atoms with Crippen LogP contribution in [0.4, 0.5) is 5.69 Å². The zero-order valence-corrected chi connectivity index (χ0v) is 16.5. The van der Waals surface area contributed by atoms with Crippen molar-refractivity contribution >= 4 is 33.2 Å². The molecule has 1 amide bonds. The first-order valence-electron chi connectivity index (χ1n) is 7.81. The Morgan fingerprint density at radius 2 is 1.69 bits per heavy atom. The lowest BCUT2D eigenvalue weighted by Gasteiger charge is -2.20. The van der Waals surface area contributed by atoms with Gasteiger partial charge in [0.25, 0.3) is 5.91 Å². The number of nitrogens with one attached hydrogen (secondary N) is 2. The number of halogens is 1. The molecule has 0 fully saturated rings. The van der Waals surface area contributed by atoms with E-state index in [4.69, 9.17) is 16.3 Å². The fourth-order valence-electron chi connectivity index (χ4n) is 2.17. The fourth-order valence-corrected chi connectivity index (χ4v) is 3.80. The average molecular weight is 397 g/mol. The van der Waals surface area contributed by atoms with Crippen molar-refractivity contribution < 1.29 is 17.9 Å². The largest absolute Gasteiger partial charge is 0.497 e. The molecule has 0 saturated carbocycles. The zero-order chi connectivity index (χ0) is 19.5. The van der Waals surface area contributed by atoms with Crippen LogP contribution in [0.3, 0.4) is 0 Å². The predicted octanol–water partition coefficient (Wildman–Crippen LogP) is 3.68. The molecule has 2 N–H and O–H groups in total. The zero-order valence-electron chi connectivity index (χ0n) is 15.0. The van der Waals surface area contributed by atoms with Crippen LogP contribution in [0.25, 0.3) is 0 Å². The first-order chi connectivity index (χ1) is 12.0. The van der Waals surface area contributed by atoms with Crippen molar-refractivity contribution in [2.75, 3.05) is 12.4 Å². The number of hydrogen-bond acceptors (Lipinski definition) is 4. The molecule has 0 heterocycles. The first kappa shape index (κ1) is 20.2. The number of benzene rings is 2. The van der Waals surface area contributed by atoms with Gasteiger partial charge in [-0.05, 0) is 57.2 Å². The smallest absolute Gasteiger partial charge is 0.255 e. The highest BCUT2D eigenvalue weighted by Gasteiger charge is 2.22. The summed E-state index contributed by atoms with van der Waals surface area (Å²) in [6, 6.07) is 10.6. The van der Waals surface area contributed by atoms with Gasteiger partial charge in [0.2, 0.25) is 10.0 Å². The van der Waals surface area contributed by atoms with E-state index in [1.54, 1.807) is 39.0 Å². The maximum absolute atomic E-state index is 12.3. The Labute approximate surface area is 158 Å². The number of sulfonamides is 1. The van der Waals surface area contributed by atoms with Crippen LogP contribution in [0.15, 0.2) is 47.4 Å². The molecule has 2 rings (SSSR count). The highest BCUT2D eigenvalue weighted by Crippen LogP contribution is 2.27. The van der Waals surface area contributed by atoms with Gasteiger partial charge in [0.15, 0.2) is 0 Å². The van der Waals surface area contributed by atoms with E-state index >= 15 is 0 Å². The van der Waals surface area contributed by atoms with Crippen molar-refractivity contribution in [1.82, 2.24) is 4.72 Å². The van der Waals surface area contributed by atoms with E-state index in [-0.39, 0.29) is 4.90 Å². The Hall–Kier alpha value is -2.09. The summed E-state index contributed by atoms with van der Waals surface area (Å²) in [4.78, 5) is 12.4. The lowest BCUT2D eigenvalue weighted by Crippen LogP contribution is -2.40. The summed E-state index contributed by atoms with van der Waals surface area (Å²) < 4.78 is 32.2. The van der Waals surface area contributed by atoms with Gasteiger partial charge in [-0.2, -0.15) is 0 Å². The van der Waals surface area contributed by atoms with Gasteiger partial charge in [0.1, 0.15) is 5.75 Å². The Morgan fingerprint density at radius 3 is 2.19 bits per heavy atom. The fraction of sp³-hybridized carbons (Fsp3) is 0.278. The quantitative estimate of drug-likeness (QED) is 0.807. The van der Waals surface area contributed by atoms with Gasteiger partial charge in [0, 0.05) is 17.2 Å². The monoisotopic (exact) mass is 396 g/mol. The minimum Gasteiger partial charge on any atom is -0.497 e. The summed E-state index contributed by atoms with van der Waals surface area (Å²) in [6.45, 7) is 5.26. The van der Waals surface area contributed by atoms with Crippen LogP contribution < -0.4 is 14.8 Å². The molecular formula is C18H21ClN2O4S. The summed E-state index contributed by atoms with van der Waals surface area (Å²) in [5.41, 5.74) is 0.148. The number of methoxy groups -OCH3 is 1. The van der Waals surface area contributed by atoms with Crippen molar-refractivity contribution in [3.8, 4) is 5.75 Å². The molecule has 0 aromatic heterocycles. The molecule has 0 aliphatic heterocycles. The SMILES string of the molecule is COc1ccc(NC(=O)c2ccc(S(=O)(=O)NC(C)(C)C)cc2)c(Cl)c1. The molecule has 0 atom stereocenters. The van der Waals surface area contributed by atoms with E-state index in [0.717, 1.165) is 0 Å². The van der Waals surface area contributed by atoms with Crippen LogP contribution in [0.2, 0.25) is 5.02 Å². The van der Waals surface area contributed by atoms with Crippen molar-refractivity contribution in [2.24, 2.45) is 0 Å². The van der Waals surface area contributed by atoms with Crippen LogP contribution >= 0.6 is 11.6 Å². The van der Waals surface area contributed by atoms with E-state index in [9.17, 15) is 13.2 Å². The van der Waals surface area contributed by atoms with Crippen LogP contribution in [0, 0.1) is 0 Å². The number of carbonyl (C=O) groups is 1. The second-order valence-corrected chi connectivity index (χ2v) is 8.77. The van der Waals surface area contributed by atoms with Gasteiger partial charge in [-0.25, -0.2) is 13.1 Å². The van der Waals surface area contributed by atoms with Gasteiger partial charge < -0.3 is 10.1 Å². The van der Waals surface area contributed by atoms with Crippen molar-refractivity contribution in [3.63, 3.8) is 0 Å². The lowest BCUT2D eigenvalue weighted by molar-refractivity contribution is 0.102. The van der Waals surface area contributed by atoms with Gasteiger partial charge in [-0.1, -0.05) is 11.6 Å². The molecule has 6 nitrogen and oxygen atoms in total. The third-order valence-corrected chi connectivity index (χ3v) is 5.38. The Balaban J connectivity index is 2.16. The molecule has 0 aliphatic carbocycles. The summed E-state index contributed by atoms with van der Waals surface area (Å²) >= 11 is 6.10. The third-order valence-electron chi connectivity index (χ3n) is 3.29. The number of carbonyl (C=O) groups excluding carboxylic acids is 1. The van der Waals surface area contributed by atoms with E-state index in [2.05, 4.69) is 10.0 Å². The molecule has 2 aromatic rings. The Morgan fingerprint density at radius 1 is 1.08 bits per heavy atom. The minimum atomic E-state index is -3.65. The Bertz CT molecular complexity index is 904. The third kappa shape index (κ3) is 5.20. The second-order valence-electron chi connectivity index (χ2n) is 6.68. The van der Waals surface area contributed by atoms with Gasteiger partial charge in [-0.15, -0.1) is 0 Å². The first-order valence-corrected chi connectivity index (χ1v) is 9.67. The molecule has 0 unspecified atom stereocenters. The summed E-state index contributed by atoms with van der Waals surface area (Å²) in [6.07, 6.45) is 0. The molecule has 0 radical (unpaired) electrons. The summed E-state index contributed by atoms with van der Waals surface area (Å²) in [5, 5.41) is 3.02. The number of amides is 1. The molecule has 26 heavy (non-hydrogen) atoms. The minimum absolute atomic E-state index is 0.0893. The molecule has 0 aliphatic rings. The number of ether oxygens (including phenoxy) is 1. The number of anilines is 1. The maximum atomic E-state index is 12.3. The number of hydrogen-bond donors (Lipinski definition) is 2. The van der Waals surface area contributed by atoms with Crippen LogP contribution in [0.5, 0.6) is 5.75 Å². The molecule has 0 spiro atoms. The molecule has 0 saturated heterocycles. The lowest BCUT2D eigenvalue weighted by atomic mass is 10.1. The maximum Gasteiger partial charge on any atom is 0.255 e. The van der Waals surface area contributed by atoms with Crippen LogP contribution in [-0.2, 0) is 10.0 Å². The van der Waals surface area contributed by atoms with E-state index in [1.165, 1.54) is 31.4 Å². The molecular weight excluding hydrogens is 376 g/mol. The van der Waals surface area contributed by atoms with Gasteiger partial charge in [-0.3, -0.25) is 4.79 Å². The van der Waals surface area contributed by atoms with Crippen LogP contribution in [-0.4, -0.2) is 27.0 Å². The van der Waals surface area contributed by atoms with Gasteiger partial charge in [0.05, 0.1) is 22.7 Å². The summed E-state index contributed by atoms with van der Waals surface area (Å²) in [5.74, 6) is 0.179. The van der Waals surface area contributed by atoms with E-state index < -0.39 is 21.5 Å². The highest BCUT2D eigenvalue weighted by atomic mass is 35.5. The molecule has 2 aromatic carbocycles. The molecule has 0 bridgehead atoms. The van der Waals surface area contributed by atoms with Crippen molar-refractivity contribution in [1.29, 1.82) is 0 Å². The standard InChI is InChI=1S/C18H21ClN2O4S/c1-18(2,3)21-26(23,24)14-8-5-12(6-9-14)17(22)20-16-10-7-13(25-4)11-15(16)19/h5-11,21H,1-4H3,(H,20,22). The number of rotatable bonds is 5. The second kappa shape index (κ2) is 7.65. The van der Waals surface area contributed by atoms with Crippen molar-refractivity contribution in [2.45, 2.75) is 31.2 Å². The van der Waals surface area contributed by atoms with Crippen molar-refractivity contribution in [3.05, 3.63) is 53.1 Å². The van der Waals surface area contributed by atoms with Crippen LogP contribution in [0.1, 0.15) is 31.1 Å². The molecule has 140 valence electrons. The van der Waals surface area contributed by atoms with Gasteiger partial charge >= 0.3 is 0 Å². The Kier molecular flexibility index (Phi) is 5.95. The van der Waals surface area contributed by atoms with E-state index in [1.807, 2.05) is 0 Å². The molecule has 8 heteroatoms.